The molecule has 0 unspecified atom stereocenters. The molecule has 2 rings (SSSR count). The van der Waals surface area contributed by atoms with Crippen molar-refractivity contribution in [2.75, 3.05) is 4.72 Å². The van der Waals surface area contributed by atoms with Gasteiger partial charge in [0.05, 0.1) is 5.25 Å². The molecule has 0 heterocycles. The van der Waals surface area contributed by atoms with Gasteiger partial charge in [0.25, 0.3) is 0 Å². The highest BCUT2D eigenvalue weighted by Gasteiger charge is 2.27. The van der Waals surface area contributed by atoms with Crippen molar-refractivity contribution in [3.8, 4) is 0 Å². The molecule has 1 fully saturated rings. The minimum atomic E-state index is -3.24. The first-order chi connectivity index (χ1) is 8.47. The van der Waals surface area contributed by atoms with Gasteiger partial charge in [-0.15, -0.1) is 0 Å². The fourth-order valence-electron chi connectivity index (χ4n) is 2.42. The number of aryl methyl sites for hydroxylation is 1. The molecule has 0 saturated heterocycles. The first-order valence-corrected chi connectivity index (χ1v) is 8.60. The summed E-state index contributed by atoms with van der Waals surface area (Å²) in [6.07, 6.45) is 4.75. The van der Waals surface area contributed by atoms with E-state index in [2.05, 4.69) is 20.7 Å². The van der Waals surface area contributed by atoms with Crippen LogP contribution < -0.4 is 4.72 Å². The standard InChI is InChI=1S/C13H18BrNO2S/c1-10-7-11(14)9-12(8-10)15-18(16,17)13-5-3-2-4-6-13/h7-9,13,15H,2-6H2,1H3. The molecule has 1 aliphatic carbocycles. The number of sulfonamides is 1. The molecule has 1 saturated carbocycles. The number of hydrogen-bond acceptors (Lipinski definition) is 2. The van der Waals surface area contributed by atoms with Gasteiger partial charge in [0.1, 0.15) is 0 Å². The van der Waals surface area contributed by atoms with Crippen LogP contribution in [0.5, 0.6) is 0 Å². The quantitative estimate of drug-likeness (QED) is 0.914. The molecule has 0 radical (unpaired) electrons. The van der Waals surface area contributed by atoms with Crippen LogP contribution in [-0.2, 0) is 10.0 Å². The highest BCUT2D eigenvalue weighted by molar-refractivity contribution is 9.10. The van der Waals surface area contributed by atoms with E-state index in [0.717, 1.165) is 42.1 Å². The number of hydrogen-bond donors (Lipinski definition) is 1. The number of benzene rings is 1. The molecule has 3 nitrogen and oxygen atoms in total. The second kappa shape index (κ2) is 5.61. The van der Waals surface area contributed by atoms with Gasteiger partial charge >= 0.3 is 0 Å². The molecular weight excluding hydrogens is 314 g/mol. The Morgan fingerprint density at radius 3 is 2.44 bits per heavy atom. The lowest BCUT2D eigenvalue weighted by Gasteiger charge is -2.22. The van der Waals surface area contributed by atoms with Crippen LogP contribution in [0.1, 0.15) is 37.7 Å². The smallest absolute Gasteiger partial charge is 0.235 e. The predicted molar refractivity (Wildman–Crippen MR) is 78.3 cm³/mol. The summed E-state index contributed by atoms with van der Waals surface area (Å²) in [6, 6.07) is 5.61. The monoisotopic (exact) mass is 331 g/mol. The SMILES string of the molecule is Cc1cc(Br)cc(NS(=O)(=O)C2CCCCC2)c1. The molecule has 1 aliphatic rings. The largest absolute Gasteiger partial charge is 0.283 e. The van der Waals surface area contributed by atoms with Crippen molar-refractivity contribution in [1.29, 1.82) is 0 Å². The zero-order chi connectivity index (χ0) is 13.2. The van der Waals surface area contributed by atoms with Gasteiger partial charge in [0.2, 0.25) is 10.0 Å². The Kier molecular flexibility index (Phi) is 4.33. The Bertz CT molecular complexity index is 502. The number of rotatable bonds is 3. The van der Waals surface area contributed by atoms with Crippen molar-refractivity contribution >= 4 is 31.6 Å². The number of nitrogens with one attached hydrogen (secondary N) is 1. The molecule has 0 spiro atoms. The predicted octanol–water partition coefficient (Wildman–Crippen LogP) is 3.83. The second-order valence-corrected chi connectivity index (χ2v) is 7.80. The number of anilines is 1. The lowest BCUT2D eigenvalue weighted by atomic mass is 10.0. The van der Waals surface area contributed by atoms with E-state index >= 15 is 0 Å². The summed E-state index contributed by atoms with van der Waals surface area (Å²) in [4.78, 5) is 0. The van der Waals surface area contributed by atoms with Crippen molar-refractivity contribution in [1.82, 2.24) is 0 Å². The molecule has 18 heavy (non-hydrogen) atoms. The summed E-state index contributed by atoms with van der Waals surface area (Å²) >= 11 is 3.38. The summed E-state index contributed by atoms with van der Waals surface area (Å²) in [5.41, 5.74) is 1.68. The van der Waals surface area contributed by atoms with Crippen molar-refractivity contribution in [3.63, 3.8) is 0 Å². The van der Waals surface area contributed by atoms with Gasteiger partial charge in [-0.05, 0) is 43.5 Å². The van der Waals surface area contributed by atoms with E-state index in [1.807, 2.05) is 19.1 Å². The van der Waals surface area contributed by atoms with E-state index < -0.39 is 10.0 Å². The van der Waals surface area contributed by atoms with Crippen LogP contribution in [0.2, 0.25) is 0 Å². The zero-order valence-corrected chi connectivity index (χ0v) is 12.9. The topological polar surface area (TPSA) is 46.2 Å². The van der Waals surface area contributed by atoms with E-state index in [-0.39, 0.29) is 5.25 Å². The Morgan fingerprint density at radius 1 is 1.17 bits per heavy atom. The molecule has 0 bridgehead atoms. The molecule has 1 aromatic carbocycles. The minimum Gasteiger partial charge on any atom is -0.283 e. The Balaban J connectivity index is 2.16. The van der Waals surface area contributed by atoms with Gasteiger partial charge in [-0.2, -0.15) is 0 Å². The van der Waals surface area contributed by atoms with E-state index in [1.54, 1.807) is 6.07 Å². The minimum absolute atomic E-state index is 0.231. The maximum atomic E-state index is 12.3. The maximum Gasteiger partial charge on any atom is 0.235 e. The van der Waals surface area contributed by atoms with E-state index in [9.17, 15) is 8.42 Å². The molecule has 0 aromatic heterocycles. The van der Waals surface area contributed by atoms with Crippen molar-refractivity contribution in [2.24, 2.45) is 0 Å². The van der Waals surface area contributed by atoms with E-state index in [0.29, 0.717) is 5.69 Å². The number of halogens is 1. The van der Waals surface area contributed by atoms with Gasteiger partial charge in [0, 0.05) is 10.2 Å². The van der Waals surface area contributed by atoms with Gasteiger partial charge in [-0.1, -0.05) is 35.2 Å². The van der Waals surface area contributed by atoms with Crippen LogP contribution in [0.25, 0.3) is 0 Å². The average molecular weight is 332 g/mol. The average Bonchev–Trinajstić information content (AvgIpc) is 2.28. The third-order valence-corrected chi connectivity index (χ3v) is 5.62. The molecule has 0 aliphatic heterocycles. The summed E-state index contributed by atoms with van der Waals surface area (Å²) in [6.45, 7) is 1.95. The fraction of sp³-hybridized carbons (Fsp3) is 0.538. The van der Waals surface area contributed by atoms with Crippen molar-refractivity contribution < 1.29 is 8.42 Å². The molecule has 0 amide bonds. The van der Waals surface area contributed by atoms with Crippen LogP contribution in [0.15, 0.2) is 22.7 Å². The zero-order valence-electron chi connectivity index (χ0n) is 10.4. The third-order valence-electron chi connectivity index (χ3n) is 3.29. The van der Waals surface area contributed by atoms with Crippen LogP contribution in [-0.4, -0.2) is 13.7 Å². The van der Waals surface area contributed by atoms with Crippen LogP contribution in [0.3, 0.4) is 0 Å². The molecule has 5 heteroatoms. The van der Waals surface area contributed by atoms with Crippen LogP contribution in [0, 0.1) is 6.92 Å². The Hall–Kier alpha value is -0.550. The highest BCUT2D eigenvalue weighted by atomic mass is 79.9. The van der Waals surface area contributed by atoms with Gasteiger partial charge in [0.15, 0.2) is 0 Å². The normalized spacial score (nSPS) is 17.7. The van der Waals surface area contributed by atoms with E-state index in [4.69, 9.17) is 0 Å². The van der Waals surface area contributed by atoms with Crippen molar-refractivity contribution in [3.05, 3.63) is 28.2 Å². The summed E-state index contributed by atoms with van der Waals surface area (Å²) < 4.78 is 28.1. The van der Waals surface area contributed by atoms with Crippen LogP contribution in [0.4, 0.5) is 5.69 Å². The summed E-state index contributed by atoms with van der Waals surface area (Å²) in [7, 11) is -3.24. The Labute approximate surface area is 117 Å². The lowest BCUT2D eigenvalue weighted by Crippen LogP contribution is -2.29. The maximum absolute atomic E-state index is 12.3. The van der Waals surface area contributed by atoms with E-state index in [1.165, 1.54) is 0 Å². The molecule has 0 atom stereocenters. The third kappa shape index (κ3) is 3.48. The van der Waals surface area contributed by atoms with Gasteiger partial charge in [-0.25, -0.2) is 8.42 Å². The van der Waals surface area contributed by atoms with Gasteiger partial charge in [-0.3, -0.25) is 4.72 Å². The summed E-state index contributed by atoms with van der Waals surface area (Å²) in [5, 5.41) is -0.231. The van der Waals surface area contributed by atoms with Crippen molar-refractivity contribution in [2.45, 2.75) is 44.3 Å². The molecule has 100 valence electrons. The lowest BCUT2D eigenvalue weighted by molar-refractivity contribution is 0.486. The first kappa shape index (κ1) is 13.9. The highest BCUT2D eigenvalue weighted by Crippen LogP contribution is 2.26. The van der Waals surface area contributed by atoms with Crippen LogP contribution >= 0.6 is 15.9 Å². The molecular formula is C13H18BrNO2S. The molecule has 1 aromatic rings. The fourth-order valence-corrected chi connectivity index (χ4v) is 4.59. The first-order valence-electron chi connectivity index (χ1n) is 6.26. The Morgan fingerprint density at radius 2 is 1.83 bits per heavy atom. The summed E-state index contributed by atoms with van der Waals surface area (Å²) in [5.74, 6) is 0. The van der Waals surface area contributed by atoms with Gasteiger partial charge < -0.3 is 0 Å². The second-order valence-electron chi connectivity index (χ2n) is 4.92. The molecule has 1 N–H and O–H groups in total.